The molecule has 2 rings (SSSR count). The first-order chi connectivity index (χ1) is 10.9. The molecule has 0 heterocycles. The van der Waals surface area contributed by atoms with E-state index in [1.165, 1.54) is 0 Å². The molecular formula is C17H16Cl2N2O2. The highest BCUT2D eigenvalue weighted by Gasteiger charge is 2.24. The number of amides is 2. The van der Waals surface area contributed by atoms with Crippen molar-refractivity contribution in [2.75, 3.05) is 10.6 Å². The van der Waals surface area contributed by atoms with Gasteiger partial charge in [0.2, 0.25) is 12.8 Å². The molecule has 4 nitrogen and oxygen atoms in total. The van der Waals surface area contributed by atoms with Crippen molar-refractivity contribution < 1.29 is 9.59 Å². The topological polar surface area (TPSA) is 58.2 Å². The van der Waals surface area contributed by atoms with E-state index in [0.717, 1.165) is 11.1 Å². The number of hydrogen-bond acceptors (Lipinski definition) is 2. The first-order valence-corrected chi connectivity index (χ1v) is 7.66. The minimum Gasteiger partial charge on any atom is -0.327 e. The lowest BCUT2D eigenvalue weighted by atomic mass is 9.78. The summed E-state index contributed by atoms with van der Waals surface area (Å²) in [6.07, 6.45) is 1.18. The summed E-state index contributed by atoms with van der Waals surface area (Å²) in [7, 11) is 0. The molecule has 120 valence electrons. The molecule has 2 N–H and O–H groups in total. The van der Waals surface area contributed by atoms with E-state index < -0.39 is 0 Å². The predicted octanol–water partition coefficient (Wildman–Crippen LogP) is 4.46. The SMILES string of the molecule is CC(C)(c1ccc(NC=O)c(Cl)c1)c1ccc(NC=O)c(Cl)c1. The average Bonchev–Trinajstić information content (AvgIpc) is 2.51. The Labute approximate surface area is 144 Å². The van der Waals surface area contributed by atoms with Crippen molar-refractivity contribution in [3.63, 3.8) is 0 Å². The molecule has 0 atom stereocenters. The van der Waals surface area contributed by atoms with E-state index in [-0.39, 0.29) is 5.41 Å². The summed E-state index contributed by atoms with van der Waals surface area (Å²) in [5, 5.41) is 6.03. The van der Waals surface area contributed by atoms with Crippen LogP contribution in [0.1, 0.15) is 25.0 Å². The van der Waals surface area contributed by atoms with Gasteiger partial charge in [0, 0.05) is 5.41 Å². The van der Waals surface area contributed by atoms with Crippen LogP contribution in [-0.2, 0) is 15.0 Å². The van der Waals surface area contributed by atoms with Crippen LogP contribution < -0.4 is 10.6 Å². The van der Waals surface area contributed by atoms with Crippen molar-refractivity contribution in [1.82, 2.24) is 0 Å². The van der Waals surface area contributed by atoms with Crippen LogP contribution in [0.4, 0.5) is 11.4 Å². The third kappa shape index (κ3) is 3.66. The second-order valence-electron chi connectivity index (χ2n) is 5.54. The Kier molecular flexibility index (Phi) is 5.29. The third-order valence-corrected chi connectivity index (χ3v) is 4.44. The van der Waals surface area contributed by atoms with Gasteiger partial charge in [-0.15, -0.1) is 0 Å². The number of carbonyl (C=O) groups is 2. The lowest BCUT2D eigenvalue weighted by Crippen LogP contribution is -2.19. The van der Waals surface area contributed by atoms with Crippen molar-refractivity contribution in [2.45, 2.75) is 19.3 Å². The number of halogens is 2. The fourth-order valence-electron chi connectivity index (χ4n) is 2.34. The normalized spacial score (nSPS) is 11.0. The maximum absolute atomic E-state index is 10.5. The molecule has 0 spiro atoms. The molecule has 2 amide bonds. The average molecular weight is 351 g/mol. The quantitative estimate of drug-likeness (QED) is 0.755. The van der Waals surface area contributed by atoms with Crippen molar-refractivity contribution in [2.24, 2.45) is 0 Å². The van der Waals surface area contributed by atoms with E-state index in [1.807, 2.05) is 38.1 Å². The molecule has 0 aliphatic carbocycles. The van der Waals surface area contributed by atoms with Gasteiger partial charge >= 0.3 is 0 Å². The summed E-state index contributed by atoms with van der Waals surface area (Å²) in [6, 6.07) is 11.0. The van der Waals surface area contributed by atoms with Crippen LogP contribution in [0, 0.1) is 0 Å². The Balaban J connectivity index is 2.41. The minimum absolute atomic E-state index is 0.354. The second-order valence-corrected chi connectivity index (χ2v) is 6.35. The number of benzene rings is 2. The smallest absolute Gasteiger partial charge is 0.211 e. The van der Waals surface area contributed by atoms with Gasteiger partial charge in [0.15, 0.2) is 0 Å². The molecule has 0 unspecified atom stereocenters. The summed E-state index contributed by atoms with van der Waals surface area (Å²) >= 11 is 12.4. The van der Waals surface area contributed by atoms with E-state index >= 15 is 0 Å². The molecule has 23 heavy (non-hydrogen) atoms. The van der Waals surface area contributed by atoms with Gasteiger partial charge in [-0.05, 0) is 35.4 Å². The molecule has 2 aromatic carbocycles. The molecule has 2 aromatic rings. The lowest BCUT2D eigenvalue weighted by Gasteiger charge is -2.27. The summed E-state index contributed by atoms with van der Waals surface area (Å²) < 4.78 is 0. The standard InChI is InChI=1S/C17H16Cl2N2O2/c1-17(2,11-3-5-15(20-9-22)13(18)7-11)12-4-6-16(21-10-23)14(19)8-12/h3-10H,1-2H3,(H,20,22)(H,21,23). The summed E-state index contributed by atoms with van der Waals surface area (Å²) in [6.45, 7) is 4.09. The lowest BCUT2D eigenvalue weighted by molar-refractivity contribution is -0.106. The van der Waals surface area contributed by atoms with Crippen LogP contribution in [0.3, 0.4) is 0 Å². The minimum atomic E-state index is -0.354. The molecule has 0 saturated carbocycles. The first kappa shape index (κ1) is 17.3. The molecule has 0 saturated heterocycles. The van der Waals surface area contributed by atoms with E-state index in [1.54, 1.807) is 12.1 Å². The van der Waals surface area contributed by atoms with Gasteiger partial charge in [0.05, 0.1) is 21.4 Å². The van der Waals surface area contributed by atoms with Crippen LogP contribution in [-0.4, -0.2) is 12.8 Å². The van der Waals surface area contributed by atoms with Gasteiger partial charge in [-0.25, -0.2) is 0 Å². The molecule has 0 aromatic heterocycles. The van der Waals surface area contributed by atoms with Crippen LogP contribution in [0.25, 0.3) is 0 Å². The highest BCUT2D eigenvalue weighted by molar-refractivity contribution is 6.34. The van der Waals surface area contributed by atoms with E-state index in [2.05, 4.69) is 10.6 Å². The van der Waals surface area contributed by atoms with Crippen LogP contribution >= 0.6 is 23.2 Å². The first-order valence-electron chi connectivity index (χ1n) is 6.90. The number of hydrogen-bond donors (Lipinski definition) is 2. The Bertz CT molecular complexity index is 684. The highest BCUT2D eigenvalue weighted by atomic mass is 35.5. The molecule has 0 fully saturated rings. The van der Waals surface area contributed by atoms with Crippen molar-refractivity contribution in [3.05, 3.63) is 57.6 Å². The molecule has 0 aliphatic heterocycles. The maximum Gasteiger partial charge on any atom is 0.211 e. The van der Waals surface area contributed by atoms with Gasteiger partial charge < -0.3 is 10.6 Å². The van der Waals surface area contributed by atoms with Gasteiger partial charge in [0.1, 0.15) is 0 Å². The zero-order valence-corrected chi connectivity index (χ0v) is 14.2. The Morgan fingerprint density at radius 3 is 1.52 bits per heavy atom. The summed E-state index contributed by atoms with van der Waals surface area (Å²) in [5.41, 5.74) is 2.72. The van der Waals surface area contributed by atoms with E-state index in [0.29, 0.717) is 34.2 Å². The maximum atomic E-state index is 10.5. The van der Waals surface area contributed by atoms with Crippen molar-refractivity contribution in [1.29, 1.82) is 0 Å². The van der Waals surface area contributed by atoms with Crippen molar-refractivity contribution in [3.8, 4) is 0 Å². The van der Waals surface area contributed by atoms with Crippen LogP contribution in [0.2, 0.25) is 10.0 Å². The summed E-state index contributed by atoms with van der Waals surface area (Å²) in [5.74, 6) is 0. The largest absolute Gasteiger partial charge is 0.327 e. The van der Waals surface area contributed by atoms with Crippen molar-refractivity contribution >= 4 is 47.4 Å². The molecule has 0 bridgehead atoms. The Morgan fingerprint density at radius 2 is 1.22 bits per heavy atom. The fourth-order valence-corrected chi connectivity index (χ4v) is 2.81. The zero-order chi connectivity index (χ0) is 17.0. The summed E-state index contributed by atoms with van der Waals surface area (Å²) in [4.78, 5) is 21.1. The van der Waals surface area contributed by atoms with Gasteiger partial charge in [0.25, 0.3) is 0 Å². The molecule has 0 radical (unpaired) electrons. The highest BCUT2D eigenvalue weighted by Crippen LogP contribution is 2.37. The molecular weight excluding hydrogens is 335 g/mol. The van der Waals surface area contributed by atoms with Crippen LogP contribution in [0.5, 0.6) is 0 Å². The Morgan fingerprint density at radius 1 is 0.826 bits per heavy atom. The molecule has 0 aliphatic rings. The van der Waals surface area contributed by atoms with Crippen LogP contribution in [0.15, 0.2) is 36.4 Å². The number of rotatable bonds is 6. The predicted molar refractivity (Wildman–Crippen MR) is 94.4 cm³/mol. The number of carbonyl (C=O) groups excluding carboxylic acids is 2. The number of nitrogens with one attached hydrogen (secondary N) is 2. The van der Waals surface area contributed by atoms with E-state index in [9.17, 15) is 9.59 Å². The van der Waals surface area contributed by atoms with Gasteiger partial charge in [-0.1, -0.05) is 49.2 Å². The van der Waals surface area contributed by atoms with Gasteiger partial charge in [-0.2, -0.15) is 0 Å². The van der Waals surface area contributed by atoms with E-state index in [4.69, 9.17) is 23.2 Å². The zero-order valence-electron chi connectivity index (χ0n) is 12.7. The second kappa shape index (κ2) is 7.02. The fraction of sp³-hybridized carbons (Fsp3) is 0.176. The Hall–Kier alpha value is -2.04. The number of anilines is 2. The molecule has 6 heteroatoms. The third-order valence-electron chi connectivity index (χ3n) is 3.81. The monoisotopic (exact) mass is 350 g/mol. The van der Waals surface area contributed by atoms with Gasteiger partial charge in [-0.3, -0.25) is 9.59 Å².